The van der Waals surface area contributed by atoms with Crippen molar-refractivity contribution in [3.8, 4) is 0 Å². The molecule has 5 nitrogen and oxygen atoms in total. The summed E-state index contributed by atoms with van der Waals surface area (Å²) in [6.45, 7) is 2.33. The van der Waals surface area contributed by atoms with E-state index in [4.69, 9.17) is 5.11 Å². The van der Waals surface area contributed by atoms with Crippen molar-refractivity contribution in [1.29, 1.82) is 0 Å². The van der Waals surface area contributed by atoms with Gasteiger partial charge in [0.1, 0.15) is 0 Å². The van der Waals surface area contributed by atoms with Gasteiger partial charge in [-0.05, 0) is 48.2 Å². The van der Waals surface area contributed by atoms with Gasteiger partial charge in [-0.15, -0.1) is 0 Å². The molecule has 116 valence electrons. The summed E-state index contributed by atoms with van der Waals surface area (Å²) in [4.78, 5) is 26.6. The molecule has 0 aliphatic carbocycles. The van der Waals surface area contributed by atoms with Gasteiger partial charge in [-0.1, -0.05) is 18.2 Å². The predicted octanol–water partition coefficient (Wildman–Crippen LogP) is 3.10. The van der Waals surface area contributed by atoms with Crippen molar-refractivity contribution in [1.82, 2.24) is 10.3 Å². The van der Waals surface area contributed by atoms with Gasteiger partial charge in [0, 0.05) is 17.8 Å². The fraction of sp³-hybridized carbons (Fsp3) is 0.111. The number of H-pyrrole nitrogens is 1. The molecular formula is C18H16N2O3. The molecular weight excluding hydrogens is 292 g/mol. The Balaban J connectivity index is 1.76. The number of aromatic carboxylic acids is 1. The van der Waals surface area contributed by atoms with E-state index in [2.05, 4.69) is 10.3 Å². The highest BCUT2D eigenvalue weighted by atomic mass is 16.4. The zero-order valence-electron chi connectivity index (χ0n) is 12.6. The number of carboxylic acids is 1. The van der Waals surface area contributed by atoms with E-state index in [1.807, 2.05) is 31.2 Å². The fourth-order valence-electron chi connectivity index (χ4n) is 2.58. The first-order valence-corrected chi connectivity index (χ1v) is 7.23. The molecule has 0 unspecified atom stereocenters. The van der Waals surface area contributed by atoms with Crippen LogP contribution in [-0.2, 0) is 6.54 Å². The number of carboxylic acid groups (broad SMARTS) is 1. The average molecular weight is 308 g/mol. The maximum absolute atomic E-state index is 12.2. The number of hydrogen-bond donors (Lipinski definition) is 3. The van der Waals surface area contributed by atoms with Crippen LogP contribution in [-0.4, -0.2) is 22.0 Å². The summed E-state index contributed by atoms with van der Waals surface area (Å²) in [5.74, 6) is -1.51. The molecule has 0 saturated carbocycles. The number of benzene rings is 2. The molecule has 0 aliphatic heterocycles. The zero-order valence-corrected chi connectivity index (χ0v) is 12.6. The molecule has 3 rings (SSSR count). The number of aryl methyl sites for hydroxylation is 1. The molecule has 0 spiro atoms. The normalized spacial score (nSPS) is 10.7. The van der Waals surface area contributed by atoms with Gasteiger partial charge < -0.3 is 15.4 Å². The van der Waals surface area contributed by atoms with Gasteiger partial charge in [0.15, 0.2) is 0 Å². The standard InChI is InChI=1S/C18H16N2O3/c1-11-8-13-9-12(6-7-16(13)20-11)10-19-17(21)14-4-2-3-5-15(14)18(22)23/h2-9,20H,10H2,1H3,(H,19,21)(H,22,23). The molecule has 5 heteroatoms. The minimum Gasteiger partial charge on any atom is -0.478 e. The molecule has 0 fully saturated rings. The fourth-order valence-corrected chi connectivity index (χ4v) is 2.58. The van der Waals surface area contributed by atoms with E-state index in [0.29, 0.717) is 6.54 Å². The van der Waals surface area contributed by atoms with Gasteiger partial charge >= 0.3 is 5.97 Å². The van der Waals surface area contributed by atoms with Crippen LogP contribution in [0.3, 0.4) is 0 Å². The molecule has 3 N–H and O–H groups in total. The van der Waals surface area contributed by atoms with Gasteiger partial charge in [0.25, 0.3) is 5.91 Å². The largest absolute Gasteiger partial charge is 0.478 e. The summed E-state index contributed by atoms with van der Waals surface area (Å²) in [6, 6.07) is 14.1. The highest BCUT2D eigenvalue weighted by Crippen LogP contribution is 2.17. The Morgan fingerprint density at radius 1 is 1.09 bits per heavy atom. The number of aromatic nitrogens is 1. The first-order chi connectivity index (χ1) is 11.0. The monoisotopic (exact) mass is 308 g/mol. The number of carbonyl (C=O) groups excluding carboxylic acids is 1. The molecule has 1 amide bonds. The van der Waals surface area contributed by atoms with Crippen molar-refractivity contribution < 1.29 is 14.7 Å². The second-order valence-electron chi connectivity index (χ2n) is 5.41. The summed E-state index contributed by atoms with van der Waals surface area (Å²) in [7, 11) is 0. The maximum Gasteiger partial charge on any atom is 0.336 e. The summed E-state index contributed by atoms with van der Waals surface area (Å²) < 4.78 is 0. The Bertz CT molecular complexity index is 896. The molecule has 0 aliphatic rings. The van der Waals surface area contributed by atoms with E-state index in [-0.39, 0.29) is 11.1 Å². The lowest BCUT2D eigenvalue weighted by atomic mass is 10.1. The lowest BCUT2D eigenvalue weighted by Crippen LogP contribution is -2.24. The van der Waals surface area contributed by atoms with Gasteiger partial charge in [-0.2, -0.15) is 0 Å². The van der Waals surface area contributed by atoms with Crippen molar-refractivity contribution in [2.24, 2.45) is 0 Å². The molecule has 0 bridgehead atoms. The first-order valence-electron chi connectivity index (χ1n) is 7.23. The SMILES string of the molecule is Cc1cc2cc(CNC(=O)c3ccccc3C(=O)O)ccc2[nH]1. The van der Waals surface area contributed by atoms with Crippen LogP contribution in [0.1, 0.15) is 32.0 Å². The number of nitrogens with one attached hydrogen (secondary N) is 2. The van der Waals surface area contributed by atoms with Crippen molar-refractivity contribution in [3.63, 3.8) is 0 Å². The Labute approximate surface area is 133 Å². The van der Waals surface area contributed by atoms with E-state index in [0.717, 1.165) is 22.2 Å². The lowest BCUT2D eigenvalue weighted by Gasteiger charge is -2.08. The second kappa shape index (κ2) is 5.96. The molecule has 0 radical (unpaired) electrons. The minimum atomic E-state index is -1.11. The summed E-state index contributed by atoms with van der Waals surface area (Å²) in [5.41, 5.74) is 3.25. The predicted molar refractivity (Wildman–Crippen MR) is 87.6 cm³/mol. The van der Waals surface area contributed by atoms with Gasteiger partial charge in [-0.3, -0.25) is 4.79 Å². The van der Waals surface area contributed by atoms with Crippen molar-refractivity contribution in [2.45, 2.75) is 13.5 Å². The van der Waals surface area contributed by atoms with Crippen molar-refractivity contribution >= 4 is 22.8 Å². The third-order valence-electron chi connectivity index (χ3n) is 3.67. The van der Waals surface area contributed by atoms with Crippen LogP contribution < -0.4 is 5.32 Å². The molecule has 2 aromatic carbocycles. The Morgan fingerprint density at radius 2 is 1.83 bits per heavy atom. The van der Waals surface area contributed by atoms with Crippen LogP contribution >= 0.6 is 0 Å². The smallest absolute Gasteiger partial charge is 0.336 e. The molecule has 23 heavy (non-hydrogen) atoms. The van der Waals surface area contributed by atoms with E-state index >= 15 is 0 Å². The topological polar surface area (TPSA) is 82.2 Å². The third kappa shape index (κ3) is 3.08. The summed E-state index contributed by atoms with van der Waals surface area (Å²) >= 11 is 0. The van der Waals surface area contributed by atoms with Crippen molar-refractivity contribution in [3.05, 3.63) is 70.9 Å². The van der Waals surface area contributed by atoms with E-state index < -0.39 is 11.9 Å². The van der Waals surface area contributed by atoms with E-state index in [1.165, 1.54) is 12.1 Å². The van der Waals surface area contributed by atoms with Gasteiger partial charge in [-0.25, -0.2) is 4.79 Å². The lowest BCUT2D eigenvalue weighted by molar-refractivity contribution is 0.0691. The number of amides is 1. The van der Waals surface area contributed by atoms with Crippen molar-refractivity contribution in [2.75, 3.05) is 0 Å². The van der Waals surface area contributed by atoms with Crippen LogP contribution in [0.25, 0.3) is 10.9 Å². The Kier molecular flexibility index (Phi) is 3.85. The third-order valence-corrected chi connectivity index (χ3v) is 3.67. The first kappa shape index (κ1) is 14.8. The number of carbonyl (C=O) groups is 2. The second-order valence-corrected chi connectivity index (χ2v) is 5.41. The van der Waals surface area contributed by atoms with E-state index in [9.17, 15) is 9.59 Å². The number of fused-ring (bicyclic) bond motifs is 1. The summed E-state index contributed by atoms with van der Waals surface area (Å²) in [5, 5.41) is 13.0. The highest BCUT2D eigenvalue weighted by molar-refractivity contribution is 6.04. The molecule has 1 heterocycles. The highest BCUT2D eigenvalue weighted by Gasteiger charge is 2.15. The minimum absolute atomic E-state index is 0.00158. The van der Waals surface area contributed by atoms with Gasteiger partial charge in [0.2, 0.25) is 0 Å². The van der Waals surface area contributed by atoms with Crippen LogP contribution in [0.15, 0.2) is 48.5 Å². The molecule has 0 atom stereocenters. The summed E-state index contributed by atoms with van der Waals surface area (Å²) in [6.07, 6.45) is 0. The maximum atomic E-state index is 12.2. The Hall–Kier alpha value is -3.08. The van der Waals surface area contributed by atoms with Crippen LogP contribution in [0.2, 0.25) is 0 Å². The van der Waals surface area contributed by atoms with Gasteiger partial charge in [0.05, 0.1) is 11.1 Å². The van der Waals surface area contributed by atoms with E-state index in [1.54, 1.807) is 12.1 Å². The molecule has 0 saturated heterocycles. The molecule has 3 aromatic rings. The zero-order chi connectivity index (χ0) is 16.4. The number of aromatic amines is 1. The van der Waals surface area contributed by atoms with Crippen LogP contribution in [0.5, 0.6) is 0 Å². The average Bonchev–Trinajstić information content (AvgIpc) is 2.91. The Morgan fingerprint density at radius 3 is 2.57 bits per heavy atom. The number of hydrogen-bond acceptors (Lipinski definition) is 2. The molecule has 1 aromatic heterocycles. The quantitative estimate of drug-likeness (QED) is 0.692. The van der Waals surface area contributed by atoms with Crippen LogP contribution in [0, 0.1) is 6.92 Å². The van der Waals surface area contributed by atoms with Crippen LogP contribution in [0.4, 0.5) is 0 Å². The number of rotatable bonds is 4.